The van der Waals surface area contributed by atoms with Gasteiger partial charge in [-0.1, -0.05) is 100 Å². The quantitative estimate of drug-likeness (QED) is 0.0189. The molecule has 0 saturated carbocycles. The fraction of sp³-hybridized carbons (Fsp3) is 0.597. The van der Waals surface area contributed by atoms with Crippen molar-refractivity contribution in [3.63, 3.8) is 0 Å². The van der Waals surface area contributed by atoms with Gasteiger partial charge in [-0.05, 0) is 101 Å². The molecule has 0 radical (unpaired) electrons. The number of Topliss-reactive ketones (excluding diaryl/α,β-unsaturated/α-hetero) is 2. The predicted octanol–water partition coefficient (Wildman–Crippen LogP) is 7.61. The zero-order valence-electron chi connectivity index (χ0n) is 51.3. The van der Waals surface area contributed by atoms with Crippen molar-refractivity contribution >= 4 is 102 Å². The second-order valence-corrected chi connectivity index (χ2v) is 24.9. The number of urea groups is 1. The molecule has 3 aliphatic rings. The number of anilines is 1. The fourth-order valence-electron chi connectivity index (χ4n) is 10.6. The number of amides is 6. The van der Waals surface area contributed by atoms with E-state index in [1.165, 1.54) is 57.2 Å². The summed E-state index contributed by atoms with van der Waals surface area (Å²) in [5, 5.41) is 20.9. The lowest BCUT2D eigenvalue weighted by molar-refractivity contribution is -0.158. The van der Waals surface area contributed by atoms with E-state index in [0.29, 0.717) is 59.8 Å². The number of primary amides is 1. The number of nitrogens with zero attached hydrogens (tertiary/aromatic N) is 2. The topological polar surface area (TPSA) is 301 Å². The number of rotatable bonds is 27. The lowest BCUT2D eigenvalue weighted by atomic mass is 9.83. The van der Waals surface area contributed by atoms with Crippen LogP contribution in [-0.4, -0.2) is 163 Å². The number of carbonyl (C=O) groups is 9. The third kappa shape index (κ3) is 19.8. The van der Waals surface area contributed by atoms with Gasteiger partial charge in [-0.3, -0.25) is 34.1 Å². The third-order valence-electron chi connectivity index (χ3n) is 16.3. The van der Waals surface area contributed by atoms with Gasteiger partial charge >= 0.3 is 24.1 Å². The van der Waals surface area contributed by atoms with Crippen molar-refractivity contribution in [3.05, 3.63) is 81.9 Å². The summed E-state index contributed by atoms with van der Waals surface area (Å²) in [6.45, 7) is 10.8. The SMILES string of the molecule is COc1cc2cc(c1Cl)N(C)C(=O)C[C@H](OC(=O)[C@H](C)N(C)C(=O)c1ccc(CC(=O)[C@H](CCCNC(N)=O)NC(=O)[C@@H](CC(=O)CCCCCOC(=O)C(CBr)CBr)C(C)C)cc1)[C@]1(C)O[C@H]1[C@H](C)[C@@H]1C[C@@](O)(NC(=O)O1)[C@H](OC)/C=C/C=C(\C)C2. The number of aliphatic hydroxyl groups is 1. The number of hydrogen-bond donors (Lipinski definition) is 5. The number of allylic oxidation sites excluding steroid dienone is 3. The molecule has 2 saturated heterocycles. The molecule has 0 unspecified atom stereocenters. The molecule has 87 heavy (non-hydrogen) atoms. The molecular weight excluding hydrogens is 1280 g/mol. The number of ketones is 2. The maximum absolute atomic E-state index is 14.5. The number of nitrogens with one attached hydrogen (secondary N) is 3. The van der Waals surface area contributed by atoms with Gasteiger partial charge in [-0.25, -0.2) is 14.4 Å². The van der Waals surface area contributed by atoms with Crippen LogP contribution in [0.2, 0.25) is 5.02 Å². The number of benzene rings is 2. The van der Waals surface area contributed by atoms with Crippen molar-refractivity contribution < 1.29 is 76.7 Å². The highest BCUT2D eigenvalue weighted by Gasteiger charge is 2.64. The Morgan fingerprint density at radius 1 is 1.00 bits per heavy atom. The Hall–Kier alpha value is -5.92. The summed E-state index contributed by atoms with van der Waals surface area (Å²) in [4.78, 5) is 123. The summed E-state index contributed by atoms with van der Waals surface area (Å²) in [6.07, 6.45) is 2.39. The molecule has 3 heterocycles. The van der Waals surface area contributed by atoms with Crippen molar-refractivity contribution in [2.45, 2.75) is 160 Å². The summed E-state index contributed by atoms with van der Waals surface area (Å²) in [5.41, 5.74) is 4.63. The number of halogens is 3. The molecule has 2 aromatic carbocycles. The first kappa shape index (κ1) is 71.8. The molecule has 2 aromatic rings. The Morgan fingerprint density at radius 2 is 1.69 bits per heavy atom. The molecule has 22 nitrogen and oxygen atoms in total. The number of fused-ring (bicyclic) bond motifs is 5. The minimum atomic E-state index is -1.91. The summed E-state index contributed by atoms with van der Waals surface area (Å²) < 4.78 is 34.9. The van der Waals surface area contributed by atoms with Gasteiger partial charge in [0.1, 0.15) is 46.5 Å². The Morgan fingerprint density at radius 3 is 2.32 bits per heavy atom. The Balaban J connectivity index is 1.30. The number of alkyl halides is 2. The first-order valence-corrected chi connectivity index (χ1v) is 31.9. The van der Waals surface area contributed by atoms with Gasteiger partial charge in [-0.15, -0.1) is 0 Å². The second-order valence-electron chi connectivity index (χ2n) is 23.2. The Kier molecular flexibility index (Phi) is 27.3. The number of likely N-dealkylation sites (N-methyl/N-ethyl adjacent to an activating group) is 1. The van der Waals surface area contributed by atoms with E-state index < -0.39 is 102 Å². The normalized spacial score (nSPS) is 24.2. The lowest BCUT2D eigenvalue weighted by Gasteiger charge is -2.42. The van der Waals surface area contributed by atoms with Crippen LogP contribution in [0.15, 0.2) is 60.2 Å². The van der Waals surface area contributed by atoms with Crippen molar-refractivity contribution in [2.75, 3.05) is 57.0 Å². The van der Waals surface area contributed by atoms with Gasteiger partial charge in [0, 0.05) is 81.5 Å². The number of esters is 2. The number of carbonyl (C=O) groups excluding carboxylic acids is 9. The molecule has 0 aliphatic carbocycles. The van der Waals surface area contributed by atoms with E-state index in [4.69, 9.17) is 45.8 Å². The summed E-state index contributed by atoms with van der Waals surface area (Å²) >= 11 is 13.4. The molecule has 3 aliphatic heterocycles. The van der Waals surface area contributed by atoms with Gasteiger partial charge in [0.15, 0.2) is 11.5 Å². The highest BCUT2D eigenvalue weighted by molar-refractivity contribution is 9.09. The van der Waals surface area contributed by atoms with E-state index in [1.54, 1.807) is 50.3 Å². The maximum atomic E-state index is 14.5. The average Bonchev–Trinajstić information content (AvgIpc) is 1.59. The van der Waals surface area contributed by atoms with Crippen LogP contribution in [0.3, 0.4) is 0 Å². The van der Waals surface area contributed by atoms with Crippen LogP contribution >= 0.6 is 43.5 Å². The second kappa shape index (κ2) is 33.1. The van der Waals surface area contributed by atoms with Crippen molar-refractivity contribution in [1.82, 2.24) is 20.9 Å². The molecule has 4 bridgehead atoms. The van der Waals surface area contributed by atoms with E-state index in [-0.39, 0.29) is 85.2 Å². The van der Waals surface area contributed by atoms with E-state index in [2.05, 4.69) is 47.8 Å². The number of ether oxygens (including phenoxy) is 6. The maximum Gasteiger partial charge on any atom is 0.409 e. The third-order valence-corrected chi connectivity index (χ3v) is 18.3. The van der Waals surface area contributed by atoms with Crippen LogP contribution in [0.1, 0.15) is 121 Å². The number of methoxy groups -OCH3 is 2. The number of unbranched alkanes of at least 4 members (excludes halogenated alkanes) is 2. The van der Waals surface area contributed by atoms with Gasteiger partial charge < -0.3 is 59.7 Å². The molecule has 25 heteroatoms. The van der Waals surface area contributed by atoms with E-state index in [9.17, 15) is 48.3 Å². The minimum absolute atomic E-state index is 0.0357. The average molecular weight is 1370 g/mol. The molecule has 5 rings (SSSR count). The highest BCUT2D eigenvalue weighted by Crippen LogP contribution is 2.49. The largest absolute Gasteiger partial charge is 0.495 e. The molecule has 6 amide bonds. The number of alkyl carbamates (subject to hydrolysis) is 1. The van der Waals surface area contributed by atoms with Crippen LogP contribution in [0.5, 0.6) is 5.75 Å². The monoisotopic (exact) mass is 1360 g/mol. The molecule has 10 atom stereocenters. The Bertz CT molecular complexity index is 2850. The zero-order chi connectivity index (χ0) is 64.5. The van der Waals surface area contributed by atoms with Crippen molar-refractivity contribution in [3.8, 4) is 5.75 Å². The van der Waals surface area contributed by atoms with Crippen molar-refractivity contribution in [1.29, 1.82) is 0 Å². The molecule has 480 valence electrons. The first-order valence-electron chi connectivity index (χ1n) is 29.2. The highest BCUT2D eigenvalue weighted by atomic mass is 79.9. The van der Waals surface area contributed by atoms with Gasteiger partial charge in [-0.2, -0.15) is 0 Å². The minimum Gasteiger partial charge on any atom is -0.495 e. The molecular formula is C62H85Br2ClN6O16. The molecule has 2 fully saturated rings. The molecule has 0 spiro atoms. The zero-order valence-corrected chi connectivity index (χ0v) is 55.2. The molecule has 0 aromatic heterocycles. The van der Waals surface area contributed by atoms with Crippen LogP contribution in [-0.2, 0) is 65.3 Å². The van der Waals surface area contributed by atoms with E-state index in [1.807, 2.05) is 26.8 Å². The number of epoxide rings is 1. The van der Waals surface area contributed by atoms with Crippen LogP contribution in [0, 0.1) is 23.7 Å². The summed E-state index contributed by atoms with van der Waals surface area (Å²) in [6, 6.07) is 6.70. The lowest BCUT2D eigenvalue weighted by Crippen LogP contribution is -2.63. The van der Waals surface area contributed by atoms with E-state index >= 15 is 0 Å². The van der Waals surface area contributed by atoms with Crippen molar-refractivity contribution in [2.24, 2.45) is 29.4 Å². The number of nitrogens with two attached hydrogens (primary N) is 1. The standard InChI is InChI=1S/C62H85Br2ClN6O16/c1-35(2)44(30-43(72)17-12-11-13-25-84-58(78)42(33-63)34-64)55(75)68-45(18-15-24-67-59(66)79)47(73)28-39-20-22-41(23-21-39)56(76)70(7)38(5)57(77)86-51-31-52(74)71(8)46-27-40(29-48(82-9)53(46)65)26-36(3)16-14-19-50(83-10)62(81)32-49(85-60(80)69-62)37(4)54-61(51,6)87-54/h14,16,19-23,27,29,35,37-38,42,44-45,49-51,54,81H,11-13,15,17-18,24-26,28,30-34H2,1-10H3,(H,68,75)(H,69,80)(H3,66,67,79)/b19-14+,36-16+/t37-,38+,44+,45+,49+,50-,51+,54+,61+,62+/m1/s1. The Labute approximate surface area is 531 Å². The van der Waals surface area contributed by atoms with Crippen LogP contribution in [0.4, 0.5) is 15.3 Å². The van der Waals surface area contributed by atoms with Gasteiger partial charge in [0.05, 0.1) is 43.9 Å². The van der Waals surface area contributed by atoms with Gasteiger partial charge in [0.2, 0.25) is 11.8 Å². The predicted molar refractivity (Wildman–Crippen MR) is 333 cm³/mol. The van der Waals surface area contributed by atoms with Crippen LogP contribution in [0.25, 0.3) is 0 Å². The molecule has 6 N–H and O–H groups in total. The smallest absolute Gasteiger partial charge is 0.409 e. The number of hydrogen-bond acceptors (Lipinski definition) is 16. The first-order chi connectivity index (χ1) is 41.1. The summed E-state index contributed by atoms with van der Waals surface area (Å²) in [5.74, 6) is -4.80. The fourth-order valence-corrected chi connectivity index (χ4v) is 12.5. The summed E-state index contributed by atoms with van der Waals surface area (Å²) in [7, 11) is 5.81. The van der Waals surface area contributed by atoms with Crippen LogP contribution < -0.4 is 31.3 Å². The van der Waals surface area contributed by atoms with Gasteiger partial charge in [0.25, 0.3) is 5.91 Å². The van der Waals surface area contributed by atoms with E-state index in [0.717, 1.165) is 11.1 Å².